The van der Waals surface area contributed by atoms with E-state index in [1.807, 2.05) is 19.2 Å². The Kier molecular flexibility index (Phi) is 8.45. The van der Waals surface area contributed by atoms with Crippen molar-refractivity contribution >= 4 is 29.2 Å². The number of hydrogen-bond donors (Lipinski definition) is 2. The van der Waals surface area contributed by atoms with Crippen LogP contribution in [0.4, 0.5) is 0 Å². The highest BCUT2D eigenvalue weighted by molar-refractivity contribution is 6.42. The second-order valence-electron chi connectivity index (χ2n) is 8.29. The van der Waals surface area contributed by atoms with Crippen molar-refractivity contribution in [3.8, 4) is 0 Å². The predicted octanol–water partition coefficient (Wildman–Crippen LogP) is 2.37. The lowest BCUT2D eigenvalue weighted by atomic mass is 10.0. The van der Waals surface area contributed by atoms with E-state index in [0.29, 0.717) is 22.1 Å². The first-order valence-electron chi connectivity index (χ1n) is 10.5. The zero-order valence-corrected chi connectivity index (χ0v) is 19.3. The van der Waals surface area contributed by atoms with Gasteiger partial charge < -0.3 is 15.5 Å². The van der Waals surface area contributed by atoms with Crippen LogP contribution in [0, 0.1) is 0 Å². The molecule has 0 radical (unpaired) electrons. The maximum Gasteiger partial charge on any atom is 0.191 e. The molecule has 2 aliphatic heterocycles. The molecule has 0 spiro atoms. The Balaban J connectivity index is 1.41. The van der Waals surface area contributed by atoms with E-state index < -0.39 is 0 Å². The monoisotopic (exact) mass is 440 g/mol. The summed E-state index contributed by atoms with van der Waals surface area (Å²) in [4.78, 5) is 11.7. The third-order valence-corrected chi connectivity index (χ3v) is 6.77. The number of nitrogens with one attached hydrogen (secondary N) is 2. The fourth-order valence-corrected chi connectivity index (χ4v) is 4.38. The quantitative estimate of drug-likeness (QED) is 0.543. The Morgan fingerprint density at radius 1 is 1.10 bits per heavy atom. The number of halogens is 2. The van der Waals surface area contributed by atoms with Gasteiger partial charge in [-0.25, -0.2) is 0 Å². The van der Waals surface area contributed by atoms with Gasteiger partial charge in [-0.15, -0.1) is 0 Å². The molecule has 2 saturated heterocycles. The molecule has 1 aromatic rings. The van der Waals surface area contributed by atoms with Gasteiger partial charge in [-0.3, -0.25) is 14.8 Å². The molecule has 2 fully saturated rings. The Morgan fingerprint density at radius 3 is 2.55 bits per heavy atom. The van der Waals surface area contributed by atoms with Gasteiger partial charge >= 0.3 is 0 Å². The average Bonchev–Trinajstić information content (AvgIpc) is 2.71. The number of aliphatic imine (C=N–C) groups is 1. The number of piperazine rings is 1. The highest BCUT2D eigenvalue weighted by atomic mass is 35.5. The number of likely N-dealkylation sites (N-methyl/N-ethyl adjacent to an activating group) is 2. The topological polar surface area (TPSA) is 46.1 Å². The first-order valence-corrected chi connectivity index (χ1v) is 11.2. The van der Waals surface area contributed by atoms with Gasteiger partial charge in [-0.1, -0.05) is 29.3 Å². The van der Waals surface area contributed by atoms with Gasteiger partial charge in [0.05, 0.1) is 10.0 Å². The number of rotatable bonds is 5. The second kappa shape index (κ2) is 10.8. The first kappa shape index (κ1) is 22.6. The average molecular weight is 441 g/mol. The summed E-state index contributed by atoms with van der Waals surface area (Å²) in [5.41, 5.74) is 1.21. The van der Waals surface area contributed by atoms with Crippen LogP contribution in [0.3, 0.4) is 0 Å². The fraction of sp³-hybridized carbons (Fsp3) is 0.667. The number of piperidine rings is 1. The summed E-state index contributed by atoms with van der Waals surface area (Å²) >= 11 is 12.2. The van der Waals surface area contributed by atoms with Crippen LogP contribution in [0.5, 0.6) is 0 Å². The number of nitrogens with zero attached hydrogens (tertiary/aromatic N) is 4. The standard InChI is InChI=1S/C21H34Cl2N6/c1-24-21(25-13-18-15-27(2)10-11-28(18)3)26-17-6-8-29(9-7-17)14-16-4-5-19(22)20(23)12-16/h4-5,12,17-18H,6-11,13-15H2,1-3H3,(H2,24,25,26). The lowest BCUT2D eigenvalue weighted by Crippen LogP contribution is -2.56. The molecule has 0 aromatic heterocycles. The molecule has 162 valence electrons. The maximum absolute atomic E-state index is 6.14. The van der Waals surface area contributed by atoms with Gasteiger partial charge in [0, 0.05) is 64.9 Å². The van der Waals surface area contributed by atoms with Crippen LogP contribution in [0.15, 0.2) is 23.2 Å². The Morgan fingerprint density at radius 2 is 1.86 bits per heavy atom. The van der Waals surface area contributed by atoms with Gasteiger partial charge in [0.2, 0.25) is 0 Å². The van der Waals surface area contributed by atoms with Crippen molar-refractivity contribution in [3.63, 3.8) is 0 Å². The molecule has 0 amide bonds. The number of hydrogen-bond acceptors (Lipinski definition) is 4. The largest absolute Gasteiger partial charge is 0.355 e. The van der Waals surface area contributed by atoms with Crippen LogP contribution in [0.25, 0.3) is 0 Å². The molecule has 6 nitrogen and oxygen atoms in total. The Bertz CT molecular complexity index is 690. The van der Waals surface area contributed by atoms with Crippen molar-refractivity contribution in [3.05, 3.63) is 33.8 Å². The Labute approximate surface area is 185 Å². The van der Waals surface area contributed by atoms with Gasteiger partial charge in [0.1, 0.15) is 0 Å². The molecule has 2 heterocycles. The van der Waals surface area contributed by atoms with Crippen molar-refractivity contribution in [2.24, 2.45) is 4.99 Å². The molecule has 0 aliphatic carbocycles. The first-order chi connectivity index (χ1) is 13.9. The van der Waals surface area contributed by atoms with Gasteiger partial charge in [0.15, 0.2) is 5.96 Å². The van der Waals surface area contributed by atoms with Crippen molar-refractivity contribution in [2.75, 3.05) is 60.4 Å². The van der Waals surface area contributed by atoms with Crippen LogP contribution >= 0.6 is 23.2 Å². The molecule has 3 rings (SSSR count). The minimum absolute atomic E-state index is 0.456. The lowest BCUT2D eigenvalue weighted by molar-refractivity contribution is 0.116. The molecule has 2 aliphatic rings. The summed E-state index contributed by atoms with van der Waals surface area (Å²) in [6.07, 6.45) is 2.21. The molecule has 2 N–H and O–H groups in total. The van der Waals surface area contributed by atoms with Crippen LogP contribution in [0.2, 0.25) is 10.0 Å². The smallest absolute Gasteiger partial charge is 0.191 e. The van der Waals surface area contributed by atoms with Crippen LogP contribution in [-0.2, 0) is 6.54 Å². The lowest BCUT2D eigenvalue weighted by Gasteiger charge is -2.38. The predicted molar refractivity (Wildman–Crippen MR) is 123 cm³/mol. The minimum Gasteiger partial charge on any atom is -0.355 e. The Hall–Kier alpha value is -1.05. The van der Waals surface area contributed by atoms with E-state index in [2.05, 4.69) is 50.5 Å². The number of guanidine groups is 1. The third-order valence-electron chi connectivity index (χ3n) is 6.03. The summed E-state index contributed by atoms with van der Waals surface area (Å²) in [5, 5.41) is 8.39. The van der Waals surface area contributed by atoms with Crippen molar-refractivity contribution in [1.29, 1.82) is 0 Å². The highest BCUT2D eigenvalue weighted by Crippen LogP contribution is 2.24. The van der Waals surface area contributed by atoms with E-state index in [1.165, 1.54) is 5.56 Å². The zero-order valence-electron chi connectivity index (χ0n) is 17.8. The summed E-state index contributed by atoms with van der Waals surface area (Å²) in [7, 11) is 6.25. The van der Waals surface area contributed by atoms with Crippen LogP contribution in [0.1, 0.15) is 18.4 Å². The minimum atomic E-state index is 0.456. The maximum atomic E-state index is 6.14. The molecule has 29 heavy (non-hydrogen) atoms. The molecule has 1 unspecified atom stereocenters. The number of benzene rings is 1. The van der Waals surface area contributed by atoms with E-state index >= 15 is 0 Å². The van der Waals surface area contributed by atoms with Crippen molar-refractivity contribution in [1.82, 2.24) is 25.3 Å². The van der Waals surface area contributed by atoms with Crippen LogP contribution in [-0.4, -0.2) is 93.2 Å². The third kappa shape index (κ3) is 6.72. The molecule has 1 aromatic carbocycles. The SMILES string of the molecule is CN=C(NCC1CN(C)CCN1C)NC1CCN(Cc2ccc(Cl)c(Cl)c2)CC1. The van der Waals surface area contributed by atoms with E-state index in [-0.39, 0.29) is 0 Å². The molecule has 8 heteroatoms. The fourth-order valence-electron chi connectivity index (χ4n) is 4.06. The summed E-state index contributed by atoms with van der Waals surface area (Å²) < 4.78 is 0. The molecular formula is C21H34Cl2N6. The summed E-state index contributed by atoms with van der Waals surface area (Å²) in [6, 6.07) is 6.88. The van der Waals surface area contributed by atoms with E-state index in [1.54, 1.807) is 0 Å². The highest BCUT2D eigenvalue weighted by Gasteiger charge is 2.23. The molecular weight excluding hydrogens is 407 g/mol. The van der Waals surface area contributed by atoms with E-state index in [9.17, 15) is 0 Å². The van der Waals surface area contributed by atoms with E-state index in [0.717, 1.165) is 64.6 Å². The molecule has 0 bridgehead atoms. The summed E-state index contributed by atoms with van der Waals surface area (Å²) in [6.45, 7) is 7.30. The molecule has 0 saturated carbocycles. The summed E-state index contributed by atoms with van der Waals surface area (Å²) in [5.74, 6) is 0.912. The van der Waals surface area contributed by atoms with Crippen LogP contribution < -0.4 is 10.6 Å². The normalized spacial score (nSPS) is 23.3. The molecule has 1 atom stereocenters. The van der Waals surface area contributed by atoms with Gasteiger partial charge in [-0.05, 0) is 44.6 Å². The van der Waals surface area contributed by atoms with Crippen molar-refractivity contribution < 1.29 is 0 Å². The zero-order chi connectivity index (χ0) is 20.8. The van der Waals surface area contributed by atoms with Gasteiger partial charge in [-0.2, -0.15) is 0 Å². The number of likely N-dealkylation sites (tertiary alicyclic amines) is 1. The van der Waals surface area contributed by atoms with E-state index in [4.69, 9.17) is 23.2 Å². The van der Waals surface area contributed by atoms with Crippen molar-refractivity contribution in [2.45, 2.75) is 31.5 Å². The second-order valence-corrected chi connectivity index (χ2v) is 9.11. The van der Waals surface area contributed by atoms with Gasteiger partial charge in [0.25, 0.3) is 0 Å².